The summed E-state index contributed by atoms with van der Waals surface area (Å²) in [6.07, 6.45) is 2.73. The minimum absolute atomic E-state index is 0.0133. The van der Waals surface area contributed by atoms with Crippen molar-refractivity contribution in [2.45, 2.75) is 27.2 Å². The summed E-state index contributed by atoms with van der Waals surface area (Å²) in [4.78, 5) is 17.0. The zero-order chi connectivity index (χ0) is 24.5. The van der Waals surface area contributed by atoms with Crippen molar-refractivity contribution in [3.8, 4) is 11.4 Å². The first kappa shape index (κ1) is 22.9. The molecule has 2 aliphatic rings. The van der Waals surface area contributed by atoms with Crippen LogP contribution in [0.1, 0.15) is 29.4 Å². The van der Waals surface area contributed by atoms with E-state index in [1.165, 1.54) is 22.3 Å². The molecule has 1 N–H and O–H groups in total. The molecule has 0 saturated carbocycles. The Morgan fingerprint density at radius 2 is 1.83 bits per heavy atom. The first-order chi connectivity index (χ1) is 16.9. The zero-order valence-electron chi connectivity index (χ0n) is 19.8. The highest BCUT2D eigenvalue weighted by atomic mass is 32.2. The molecule has 2 aromatic carbocycles. The molecule has 8 heteroatoms. The Balaban J connectivity index is 1.40. The maximum absolute atomic E-state index is 12.9. The van der Waals surface area contributed by atoms with Crippen LogP contribution in [0.25, 0.3) is 11.8 Å². The average molecular weight is 484 g/mol. The molecule has 7 nitrogen and oxygen atoms in total. The number of hydrogen-bond acceptors (Lipinski definition) is 5. The molecule has 3 heterocycles. The lowest BCUT2D eigenvalue weighted by molar-refractivity contribution is -0.114. The largest absolute Gasteiger partial charge is 0.487 e. The van der Waals surface area contributed by atoms with Gasteiger partial charge in [0.1, 0.15) is 17.4 Å². The average Bonchev–Trinajstić information content (AvgIpc) is 3.40. The fourth-order valence-electron chi connectivity index (χ4n) is 4.12. The molecule has 176 valence electrons. The third kappa shape index (κ3) is 4.44. The molecular weight excluding hydrogens is 458 g/mol. The molecule has 1 amide bonds. The zero-order valence-corrected chi connectivity index (χ0v) is 20.6. The Morgan fingerprint density at radius 3 is 2.54 bits per heavy atom. The number of aromatic nitrogens is 1. The van der Waals surface area contributed by atoms with Gasteiger partial charge in [-0.2, -0.15) is 15.1 Å². The van der Waals surface area contributed by atoms with Gasteiger partial charge in [0.25, 0.3) is 5.91 Å². The van der Waals surface area contributed by atoms with Gasteiger partial charge in [0, 0.05) is 17.1 Å². The number of para-hydroxylation sites is 1. The Bertz CT molecular complexity index is 1400. The smallest absolute Gasteiger partial charge is 0.283 e. The van der Waals surface area contributed by atoms with Crippen molar-refractivity contribution in [2.24, 2.45) is 10.1 Å². The predicted octanol–water partition coefficient (Wildman–Crippen LogP) is 5.35. The van der Waals surface area contributed by atoms with Crippen molar-refractivity contribution < 1.29 is 9.53 Å². The van der Waals surface area contributed by atoms with Gasteiger partial charge in [0.15, 0.2) is 5.84 Å². The summed E-state index contributed by atoms with van der Waals surface area (Å²) in [5, 5.41) is 15.6. The number of rotatable bonds is 6. The normalized spacial score (nSPS) is 16.4. The fraction of sp³-hybridized carbons (Fsp3) is 0.185. The molecule has 0 aliphatic carbocycles. The van der Waals surface area contributed by atoms with Gasteiger partial charge < -0.3 is 9.30 Å². The summed E-state index contributed by atoms with van der Waals surface area (Å²) in [6.45, 7) is 6.43. The van der Waals surface area contributed by atoms with E-state index < -0.39 is 5.91 Å². The van der Waals surface area contributed by atoms with Crippen LogP contribution in [-0.4, -0.2) is 38.1 Å². The van der Waals surface area contributed by atoms with Gasteiger partial charge in [-0.3, -0.25) is 10.2 Å². The lowest BCUT2D eigenvalue weighted by Crippen LogP contribution is -2.35. The standard InChI is InChI=1S/C27H25N5O2S/c1-4-19-10-12-21(13-11-19)31-17(2)14-20(18(31)3)15-23-25(28)32-27(29-26(23)33)35-24(30-32)16-34-22-8-6-5-7-9-22/h5-15,28H,4,16H2,1-3H3/b23-15+,28-25?. The van der Waals surface area contributed by atoms with E-state index in [9.17, 15) is 4.79 Å². The topological polar surface area (TPSA) is 83.0 Å². The Morgan fingerprint density at radius 1 is 1.09 bits per heavy atom. The van der Waals surface area contributed by atoms with Crippen LogP contribution in [0, 0.1) is 19.3 Å². The fourth-order valence-corrected chi connectivity index (χ4v) is 4.92. The number of nitrogens with one attached hydrogen (secondary N) is 1. The first-order valence-electron chi connectivity index (χ1n) is 11.4. The number of benzene rings is 2. The molecule has 1 aromatic heterocycles. The van der Waals surface area contributed by atoms with Crippen LogP contribution in [0.4, 0.5) is 0 Å². The Hall–Kier alpha value is -3.91. The molecule has 0 saturated heterocycles. The summed E-state index contributed by atoms with van der Waals surface area (Å²) in [6, 6.07) is 19.9. The molecule has 0 unspecified atom stereocenters. The van der Waals surface area contributed by atoms with Crippen molar-refractivity contribution >= 4 is 39.8 Å². The van der Waals surface area contributed by atoms with Crippen LogP contribution in [0.2, 0.25) is 0 Å². The molecule has 3 aromatic rings. The van der Waals surface area contributed by atoms with Crippen LogP contribution >= 0.6 is 11.8 Å². The third-order valence-corrected chi connectivity index (χ3v) is 6.86. The monoisotopic (exact) mass is 483 g/mol. The first-order valence-corrected chi connectivity index (χ1v) is 12.2. The summed E-state index contributed by atoms with van der Waals surface area (Å²) >= 11 is 1.25. The minimum atomic E-state index is -0.439. The van der Waals surface area contributed by atoms with E-state index in [-0.39, 0.29) is 18.0 Å². The number of carbonyl (C=O) groups is 1. The van der Waals surface area contributed by atoms with Crippen LogP contribution in [0.15, 0.2) is 76.3 Å². The maximum Gasteiger partial charge on any atom is 0.283 e. The second kappa shape index (κ2) is 9.38. The molecule has 0 atom stereocenters. The molecule has 2 aliphatic heterocycles. The lowest BCUT2D eigenvalue weighted by atomic mass is 10.1. The summed E-state index contributed by atoms with van der Waals surface area (Å²) in [5.41, 5.74) is 5.47. The van der Waals surface area contributed by atoms with E-state index in [2.05, 4.69) is 45.9 Å². The van der Waals surface area contributed by atoms with Gasteiger partial charge in [-0.25, -0.2) is 0 Å². The van der Waals surface area contributed by atoms with Gasteiger partial charge in [0.2, 0.25) is 5.17 Å². The van der Waals surface area contributed by atoms with E-state index in [1.807, 2.05) is 50.2 Å². The third-order valence-electron chi connectivity index (χ3n) is 5.97. The van der Waals surface area contributed by atoms with E-state index in [0.29, 0.717) is 10.2 Å². The van der Waals surface area contributed by atoms with Crippen LogP contribution in [0.5, 0.6) is 5.75 Å². The SMILES string of the molecule is CCc1ccc(-n2c(C)cc(/C=C3\C(=N)N4N=C(COc5ccccc5)SC4=NC3=O)c2C)cc1. The van der Waals surface area contributed by atoms with Gasteiger partial charge in [-0.05, 0) is 79.6 Å². The van der Waals surface area contributed by atoms with Gasteiger partial charge in [-0.15, -0.1) is 0 Å². The molecule has 0 radical (unpaired) electrons. The minimum Gasteiger partial charge on any atom is -0.487 e. The number of hydrogen-bond donors (Lipinski definition) is 1. The highest BCUT2D eigenvalue weighted by molar-refractivity contribution is 8.27. The number of thioether (sulfide) groups is 1. The van der Waals surface area contributed by atoms with E-state index in [0.717, 1.165) is 34.8 Å². The number of amides is 1. The second-order valence-corrected chi connectivity index (χ2v) is 9.34. The lowest BCUT2D eigenvalue weighted by Gasteiger charge is -2.20. The summed E-state index contributed by atoms with van der Waals surface area (Å²) in [5.74, 6) is 0.305. The van der Waals surface area contributed by atoms with E-state index in [1.54, 1.807) is 6.08 Å². The second-order valence-electron chi connectivity index (χ2n) is 8.30. The number of nitrogens with zero attached hydrogens (tertiary/aromatic N) is 4. The number of aliphatic imine (C=N–C) groups is 1. The molecule has 35 heavy (non-hydrogen) atoms. The van der Waals surface area contributed by atoms with Gasteiger partial charge >= 0.3 is 0 Å². The van der Waals surface area contributed by atoms with Crippen molar-refractivity contribution in [3.05, 3.63) is 88.8 Å². The number of fused-ring (bicyclic) bond motifs is 1. The van der Waals surface area contributed by atoms with Crippen molar-refractivity contribution in [2.75, 3.05) is 6.61 Å². The van der Waals surface area contributed by atoms with Gasteiger partial charge in [-0.1, -0.05) is 37.3 Å². The number of hydrazone groups is 1. The number of amidine groups is 2. The Labute approximate surface area is 208 Å². The van der Waals surface area contributed by atoms with Crippen LogP contribution < -0.4 is 4.74 Å². The molecule has 0 bridgehead atoms. The molecular formula is C27H25N5O2S. The van der Waals surface area contributed by atoms with Crippen LogP contribution in [-0.2, 0) is 11.2 Å². The van der Waals surface area contributed by atoms with Crippen LogP contribution in [0.3, 0.4) is 0 Å². The van der Waals surface area contributed by atoms with Crippen molar-refractivity contribution in [3.63, 3.8) is 0 Å². The number of aryl methyl sites for hydroxylation is 2. The highest BCUT2D eigenvalue weighted by Gasteiger charge is 2.36. The van der Waals surface area contributed by atoms with E-state index >= 15 is 0 Å². The quantitative estimate of drug-likeness (QED) is 0.479. The summed E-state index contributed by atoms with van der Waals surface area (Å²) < 4.78 is 7.92. The Kier molecular flexibility index (Phi) is 6.13. The van der Waals surface area contributed by atoms with Crippen molar-refractivity contribution in [1.82, 2.24) is 9.58 Å². The highest BCUT2D eigenvalue weighted by Crippen LogP contribution is 2.30. The molecule has 5 rings (SSSR count). The maximum atomic E-state index is 12.9. The summed E-state index contributed by atoms with van der Waals surface area (Å²) in [7, 11) is 0. The van der Waals surface area contributed by atoms with Crippen molar-refractivity contribution in [1.29, 1.82) is 5.41 Å². The van der Waals surface area contributed by atoms with E-state index in [4.69, 9.17) is 10.1 Å². The molecule has 0 spiro atoms. The number of carbonyl (C=O) groups excluding carboxylic acids is 1. The van der Waals surface area contributed by atoms with Gasteiger partial charge in [0.05, 0.1) is 5.57 Å². The predicted molar refractivity (Wildman–Crippen MR) is 142 cm³/mol. The number of ether oxygens (including phenoxy) is 1. The molecule has 0 fully saturated rings.